The fraction of sp³-hybridized carbons (Fsp3) is 0.769. The maximum atomic E-state index is 10.7. The molecule has 2 amide bonds. The van der Waals surface area contributed by atoms with E-state index in [1.165, 1.54) is 51.4 Å². The van der Waals surface area contributed by atoms with Gasteiger partial charge in [-0.3, -0.25) is 9.59 Å². The van der Waals surface area contributed by atoms with Gasteiger partial charge in [-0.25, -0.2) is 0 Å². The van der Waals surface area contributed by atoms with Gasteiger partial charge < -0.3 is 27.4 Å². The molecule has 0 atom stereocenters. The summed E-state index contributed by atoms with van der Waals surface area (Å²) in [5, 5.41) is 3.38. The first kappa shape index (κ1) is 31.0. The molecule has 0 aromatic heterocycles. The van der Waals surface area contributed by atoms with Crippen LogP contribution in [-0.2, 0) is 9.59 Å². The third-order valence-corrected chi connectivity index (χ3v) is 5.60. The van der Waals surface area contributed by atoms with Crippen molar-refractivity contribution in [2.24, 2.45) is 17.2 Å². The van der Waals surface area contributed by atoms with Gasteiger partial charge in [0.1, 0.15) is 0 Å². The molecule has 0 aliphatic heterocycles. The summed E-state index contributed by atoms with van der Waals surface area (Å²) in [6, 6.07) is 0. The lowest BCUT2D eigenvalue weighted by molar-refractivity contribution is -0.119. The van der Waals surface area contributed by atoms with E-state index in [0.29, 0.717) is 19.4 Å². The molecule has 7 heteroatoms. The van der Waals surface area contributed by atoms with Crippen LogP contribution in [0.5, 0.6) is 0 Å². The Bertz CT molecular complexity index is 523. The molecule has 7 N–H and O–H groups in total. The number of carbonyl (C=O) groups is 2. The summed E-state index contributed by atoms with van der Waals surface area (Å²) < 4.78 is 0. The second-order valence-electron chi connectivity index (χ2n) is 8.82. The highest BCUT2D eigenvalue weighted by Crippen LogP contribution is 2.09. The molecule has 0 rings (SSSR count). The Morgan fingerprint density at radius 2 is 1.15 bits per heavy atom. The number of carbonyl (C=O) groups excluding carboxylic acids is 2. The van der Waals surface area contributed by atoms with E-state index in [1.54, 1.807) is 0 Å². The van der Waals surface area contributed by atoms with Crippen LogP contribution in [0.4, 0.5) is 0 Å². The third-order valence-electron chi connectivity index (χ3n) is 5.60. The van der Waals surface area contributed by atoms with Crippen molar-refractivity contribution in [3.05, 3.63) is 24.6 Å². The van der Waals surface area contributed by atoms with Crippen LogP contribution in [-0.4, -0.2) is 42.9 Å². The van der Waals surface area contributed by atoms with E-state index in [1.807, 2.05) is 0 Å². The quantitative estimate of drug-likeness (QED) is 0.151. The van der Waals surface area contributed by atoms with Gasteiger partial charge in [-0.05, 0) is 50.9 Å². The van der Waals surface area contributed by atoms with E-state index in [0.717, 1.165) is 58.2 Å². The van der Waals surface area contributed by atoms with E-state index in [2.05, 4.69) is 34.8 Å². The first-order chi connectivity index (χ1) is 16.1. The summed E-state index contributed by atoms with van der Waals surface area (Å²) in [6.45, 7) is 3.39. The summed E-state index contributed by atoms with van der Waals surface area (Å²) in [7, 11) is 0. The van der Waals surface area contributed by atoms with Gasteiger partial charge in [0.05, 0.1) is 0 Å². The van der Waals surface area contributed by atoms with E-state index >= 15 is 0 Å². The molecule has 0 aliphatic rings. The van der Waals surface area contributed by atoms with E-state index in [-0.39, 0.29) is 11.8 Å². The van der Waals surface area contributed by atoms with Crippen molar-refractivity contribution >= 4 is 11.8 Å². The van der Waals surface area contributed by atoms with Gasteiger partial charge in [-0.1, -0.05) is 63.5 Å². The smallest absolute Gasteiger partial charge is 0.217 e. The van der Waals surface area contributed by atoms with Crippen LogP contribution in [0.15, 0.2) is 24.6 Å². The summed E-state index contributed by atoms with van der Waals surface area (Å²) >= 11 is 0. The molecule has 33 heavy (non-hydrogen) atoms. The van der Waals surface area contributed by atoms with Gasteiger partial charge in [0.25, 0.3) is 0 Å². The molecule has 0 aliphatic carbocycles. The number of rotatable bonds is 25. The standard InChI is InChI=1S/C26H51N5O2/c27-19-23-31(22-16-12-8-4-2-6-10-14-18-26(29)33)24-21-30-20-15-11-7-3-1-5-9-13-17-25(28)32/h15-16,20,22,30H,1-14,17-19,21,23-24,27H2,(H2,28,32)(H2,29,33). The molecule has 7 nitrogen and oxygen atoms in total. The lowest BCUT2D eigenvalue weighted by Crippen LogP contribution is -2.30. The zero-order valence-corrected chi connectivity index (χ0v) is 20.9. The van der Waals surface area contributed by atoms with E-state index in [4.69, 9.17) is 17.2 Å². The molecule has 0 spiro atoms. The third kappa shape index (κ3) is 26.1. The van der Waals surface area contributed by atoms with Gasteiger partial charge in [-0.15, -0.1) is 0 Å². The minimum absolute atomic E-state index is 0.188. The molecular formula is C26H51N5O2. The molecular weight excluding hydrogens is 414 g/mol. The van der Waals surface area contributed by atoms with Crippen LogP contribution in [0.3, 0.4) is 0 Å². The van der Waals surface area contributed by atoms with Gasteiger partial charge in [0.2, 0.25) is 11.8 Å². The van der Waals surface area contributed by atoms with Crippen molar-refractivity contribution in [1.29, 1.82) is 0 Å². The predicted octanol–water partition coefficient (Wildman–Crippen LogP) is 4.08. The Labute approximate surface area is 202 Å². The molecule has 0 unspecified atom stereocenters. The fourth-order valence-electron chi connectivity index (χ4n) is 3.65. The number of nitrogens with zero attached hydrogens (tertiary/aromatic N) is 1. The van der Waals surface area contributed by atoms with Gasteiger partial charge >= 0.3 is 0 Å². The summed E-state index contributed by atoms with van der Waals surface area (Å²) in [5.74, 6) is -0.376. The number of hydrogen-bond donors (Lipinski definition) is 4. The summed E-state index contributed by atoms with van der Waals surface area (Å²) in [5.41, 5.74) is 16.0. The molecule has 0 saturated carbocycles. The van der Waals surface area contributed by atoms with Crippen LogP contribution in [0.2, 0.25) is 0 Å². The Morgan fingerprint density at radius 1 is 0.667 bits per heavy atom. The first-order valence-electron chi connectivity index (χ1n) is 13.1. The molecule has 0 heterocycles. The average Bonchev–Trinajstić information content (AvgIpc) is 2.77. The van der Waals surface area contributed by atoms with E-state index in [9.17, 15) is 9.59 Å². The van der Waals surface area contributed by atoms with E-state index < -0.39 is 0 Å². The Kier molecular flexibility index (Phi) is 23.1. The minimum atomic E-state index is -0.189. The second kappa shape index (κ2) is 24.6. The van der Waals surface area contributed by atoms with Gasteiger partial charge in [-0.2, -0.15) is 0 Å². The SMILES string of the molecule is NCCN(C=CCCCCCCCCC(N)=O)CCNC=CCCCCCCCCC(N)=O. The summed E-state index contributed by atoms with van der Waals surface area (Å²) in [4.78, 5) is 23.6. The topological polar surface area (TPSA) is 127 Å². The van der Waals surface area contributed by atoms with Crippen molar-refractivity contribution in [3.8, 4) is 0 Å². The molecule has 0 fully saturated rings. The molecule has 0 radical (unpaired) electrons. The predicted molar refractivity (Wildman–Crippen MR) is 139 cm³/mol. The highest BCUT2D eigenvalue weighted by Gasteiger charge is 1.98. The maximum Gasteiger partial charge on any atom is 0.217 e. The number of unbranched alkanes of at least 4 members (excludes halogenated alkanes) is 12. The molecule has 0 saturated heterocycles. The number of nitrogens with two attached hydrogens (primary N) is 3. The van der Waals surface area contributed by atoms with Gasteiger partial charge in [0.15, 0.2) is 0 Å². The zero-order valence-electron chi connectivity index (χ0n) is 20.9. The number of hydrogen-bond acceptors (Lipinski definition) is 5. The molecule has 0 bridgehead atoms. The van der Waals surface area contributed by atoms with Crippen LogP contribution >= 0.6 is 0 Å². The molecule has 0 aromatic rings. The van der Waals surface area contributed by atoms with Crippen LogP contribution in [0, 0.1) is 0 Å². The lowest BCUT2D eigenvalue weighted by Gasteiger charge is -2.19. The number of allylic oxidation sites excluding steroid dienone is 2. The highest BCUT2D eigenvalue weighted by molar-refractivity contribution is 5.73. The Morgan fingerprint density at radius 3 is 1.67 bits per heavy atom. The lowest BCUT2D eigenvalue weighted by atomic mass is 10.1. The Balaban J connectivity index is 3.61. The largest absolute Gasteiger partial charge is 0.389 e. The zero-order chi connectivity index (χ0) is 24.4. The molecule has 192 valence electrons. The monoisotopic (exact) mass is 465 g/mol. The fourth-order valence-corrected chi connectivity index (χ4v) is 3.65. The summed E-state index contributed by atoms with van der Waals surface area (Å²) in [6.07, 6.45) is 25.8. The number of amides is 2. The normalized spacial score (nSPS) is 11.4. The Hall–Kier alpha value is -2.02. The van der Waals surface area contributed by atoms with Crippen LogP contribution in [0.25, 0.3) is 0 Å². The van der Waals surface area contributed by atoms with Crippen molar-refractivity contribution < 1.29 is 9.59 Å². The second-order valence-corrected chi connectivity index (χ2v) is 8.82. The van der Waals surface area contributed by atoms with Crippen LogP contribution in [0.1, 0.15) is 103 Å². The van der Waals surface area contributed by atoms with Crippen molar-refractivity contribution in [2.75, 3.05) is 26.2 Å². The van der Waals surface area contributed by atoms with Crippen molar-refractivity contribution in [3.63, 3.8) is 0 Å². The molecule has 0 aromatic carbocycles. The first-order valence-corrected chi connectivity index (χ1v) is 13.1. The van der Waals surface area contributed by atoms with Crippen LogP contribution < -0.4 is 22.5 Å². The van der Waals surface area contributed by atoms with Gasteiger partial charge in [0, 0.05) is 39.0 Å². The number of nitrogens with one attached hydrogen (secondary N) is 1. The van der Waals surface area contributed by atoms with Crippen molar-refractivity contribution in [2.45, 2.75) is 103 Å². The highest BCUT2D eigenvalue weighted by atomic mass is 16.1. The number of primary amides is 2. The van der Waals surface area contributed by atoms with Crippen molar-refractivity contribution in [1.82, 2.24) is 10.2 Å². The average molecular weight is 466 g/mol. The minimum Gasteiger partial charge on any atom is -0.389 e. The maximum absolute atomic E-state index is 10.7.